The molecule has 0 aliphatic rings. The van der Waals surface area contributed by atoms with Crippen molar-refractivity contribution < 1.29 is 27.9 Å². The average Bonchev–Trinajstić information content (AvgIpc) is 2.12. The smallest absolute Gasteiger partial charge is 0.401 e. The second-order valence-electron chi connectivity index (χ2n) is 3.56. The molecule has 0 heterocycles. The summed E-state index contributed by atoms with van der Waals surface area (Å²) in [6.45, 7) is -0.767. The zero-order chi connectivity index (χ0) is 13.6. The maximum atomic E-state index is 12.1. The number of halogens is 3. The molecule has 0 saturated heterocycles. The lowest BCUT2D eigenvalue weighted by atomic mass is 10.4. The number of carboxylic acid groups (broad SMARTS) is 1. The van der Waals surface area contributed by atoms with E-state index in [1.54, 1.807) is 6.92 Å². The first kappa shape index (κ1) is 15.7. The van der Waals surface area contributed by atoms with Crippen LogP contribution in [0.25, 0.3) is 0 Å². The Morgan fingerprint density at radius 2 is 1.76 bits per heavy atom. The Hall–Kier alpha value is -1.31. The van der Waals surface area contributed by atoms with Gasteiger partial charge >= 0.3 is 12.1 Å². The Labute approximate surface area is 96.8 Å². The molecule has 17 heavy (non-hydrogen) atoms. The number of hydrogen-bond donors (Lipinski definition) is 1. The Balaban J connectivity index is 4.48. The fourth-order valence-corrected chi connectivity index (χ4v) is 1.10. The predicted octanol–water partition coefficient (Wildman–Crippen LogP) is 0.414. The minimum Gasteiger partial charge on any atom is -0.480 e. The molecule has 0 spiro atoms. The first-order valence-corrected chi connectivity index (χ1v) is 4.90. The molecule has 0 aliphatic heterocycles. The molecule has 0 aromatic heterocycles. The molecular formula is C9H15F3N2O3. The van der Waals surface area contributed by atoms with Gasteiger partial charge in [0.2, 0.25) is 5.91 Å². The Kier molecular flexibility index (Phi) is 5.94. The molecule has 100 valence electrons. The van der Waals surface area contributed by atoms with E-state index in [2.05, 4.69) is 0 Å². The number of carbonyl (C=O) groups excluding carboxylic acids is 1. The third-order valence-corrected chi connectivity index (χ3v) is 2.02. The third-order valence-electron chi connectivity index (χ3n) is 2.02. The molecule has 0 rings (SSSR count). The zero-order valence-corrected chi connectivity index (χ0v) is 9.62. The molecule has 0 aromatic carbocycles. The van der Waals surface area contributed by atoms with Gasteiger partial charge in [-0.15, -0.1) is 0 Å². The van der Waals surface area contributed by atoms with Gasteiger partial charge in [0.1, 0.15) is 0 Å². The lowest BCUT2D eigenvalue weighted by molar-refractivity contribution is -0.156. The lowest BCUT2D eigenvalue weighted by Gasteiger charge is -2.23. The number of amides is 1. The standard InChI is InChI=1S/C9H15F3N2O3/c1-3-13(2)7(15)4-14(5-8(16)17)6-9(10,11)12/h3-6H2,1-2H3,(H,16,17). The highest BCUT2D eigenvalue weighted by atomic mass is 19.4. The van der Waals surface area contributed by atoms with Crippen LogP contribution in [-0.4, -0.2) is 66.2 Å². The summed E-state index contributed by atoms with van der Waals surface area (Å²) in [7, 11) is 1.44. The molecule has 0 radical (unpaired) electrons. The molecule has 8 heteroatoms. The number of hydrogen-bond acceptors (Lipinski definition) is 3. The van der Waals surface area contributed by atoms with Gasteiger partial charge in [-0.25, -0.2) is 0 Å². The van der Waals surface area contributed by atoms with Crippen molar-refractivity contribution in [3.63, 3.8) is 0 Å². The van der Waals surface area contributed by atoms with Crippen molar-refractivity contribution in [3.05, 3.63) is 0 Å². The minimum atomic E-state index is -4.53. The van der Waals surface area contributed by atoms with Crippen LogP contribution in [0.3, 0.4) is 0 Å². The molecule has 5 nitrogen and oxygen atoms in total. The van der Waals surface area contributed by atoms with E-state index in [4.69, 9.17) is 5.11 Å². The van der Waals surface area contributed by atoms with Gasteiger partial charge in [-0.05, 0) is 6.92 Å². The van der Waals surface area contributed by atoms with Gasteiger partial charge in [0.15, 0.2) is 0 Å². The van der Waals surface area contributed by atoms with Crippen LogP contribution in [0.1, 0.15) is 6.92 Å². The maximum Gasteiger partial charge on any atom is 0.401 e. The number of alkyl halides is 3. The quantitative estimate of drug-likeness (QED) is 0.748. The van der Waals surface area contributed by atoms with Gasteiger partial charge in [0, 0.05) is 13.6 Å². The van der Waals surface area contributed by atoms with Crippen LogP contribution in [0.2, 0.25) is 0 Å². The number of carboxylic acids is 1. The van der Waals surface area contributed by atoms with E-state index < -0.39 is 37.7 Å². The third kappa shape index (κ3) is 7.56. The number of rotatable bonds is 6. The highest BCUT2D eigenvalue weighted by Crippen LogP contribution is 2.16. The summed E-state index contributed by atoms with van der Waals surface area (Å²) < 4.78 is 36.4. The topological polar surface area (TPSA) is 60.9 Å². The largest absolute Gasteiger partial charge is 0.480 e. The van der Waals surface area contributed by atoms with Gasteiger partial charge in [0.05, 0.1) is 19.6 Å². The molecule has 0 saturated carbocycles. The fraction of sp³-hybridized carbons (Fsp3) is 0.778. The van der Waals surface area contributed by atoms with Crippen LogP contribution < -0.4 is 0 Å². The molecule has 0 bridgehead atoms. The second kappa shape index (κ2) is 6.43. The van der Waals surface area contributed by atoms with Crippen LogP contribution in [0.5, 0.6) is 0 Å². The van der Waals surface area contributed by atoms with Crippen LogP contribution in [0.15, 0.2) is 0 Å². The van der Waals surface area contributed by atoms with Crippen molar-refractivity contribution in [3.8, 4) is 0 Å². The molecule has 0 aliphatic carbocycles. The van der Waals surface area contributed by atoms with E-state index in [9.17, 15) is 22.8 Å². The van der Waals surface area contributed by atoms with E-state index in [1.165, 1.54) is 11.9 Å². The van der Waals surface area contributed by atoms with Gasteiger partial charge in [-0.3, -0.25) is 14.5 Å². The minimum absolute atomic E-state index is 0.353. The number of aliphatic carboxylic acids is 1. The van der Waals surface area contributed by atoms with Crippen molar-refractivity contribution in [2.24, 2.45) is 0 Å². The lowest BCUT2D eigenvalue weighted by Crippen LogP contribution is -2.44. The van der Waals surface area contributed by atoms with Gasteiger partial charge in [-0.2, -0.15) is 13.2 Å². The van der Waals surface area contributed by atoms with Gasteiger partial charge < -0.3 is 10.0 Å². The van der Waals surface area contributed by atoms with Crippen molar-refractivity contribution in [1.29, 1.82) is 0 Å². The normalized spacial score (nSPS) is 11.6. The highest BCUT2D eigenvalue weighted by Gasteiger charge is 2.32. The van der Waals surface area contributed by atoms with E-state index in [1.807, 2.05) is 0 Å². The summed E-state index contributed by atoms with van der Waals surface area (Å²) in [6.07, 6.45) is -4.53. The van der Waals surface area contributed by atoms with E-state index in [-0.39, 0.29) is 0 Å². The first-order valence-electron chi connectivity index (χ1n) is 4.90. The molecule has 0 aromatic rings. The SMILES string of the molecule is CCN(C)C(=O)CN(CC(=O)O)CC(F)(F)F. The Morgan fingerprint density at radius 1 is 1.24 bits per heavy atom. The monoisotopic (exact) mass is 256 g/mol. The summed E-state index contributed by atoms with van der Waals surface area (Å²) in [5.41, 5.74) is 0. The fourth-order valence-electron chi connectivity index (χ4n) is 1.10. The van der Waals surface area contributed by atoms with Crippen LogP contribution in [-0.2, 0) is 9.59 Å². The van der Waals surface area contributed by atoms with Gasteiger partial charge in [-0.1, -0.05) is 0 Å². The highest BCUT2D eigenvalue weighted by molar-refractivity contribution is 5.78. The van der Waals surface area contributed by atoms with Crippen molar-refractivity contribution >= 4 is 11.9 Å². The average molecular weight is 256 g/mol. The van der Waals surface area contributed by atoms with E-state index in [0.29, 0.717) is 11.4 Å². The number of carbonyl (C=O) groups is 2. The molecule has 1 amide bonds. The van der Waals surface area contributed by atoms with E-state index >= 15 is 0 Å². The molecule has 0 fully saturated rings. The van der Waals surface area contributed by atoms with Crippen LogP contribution in [0, 0.1) is 0 Å². The summed E-state index contributed by atoms with van der Waals surface area (Å²) >= 11 is 0. The Bertz CT molecular complexity index is 281. The van der Waals surface area contributed by atoms with Crippen molar-refractivity contribution in [1.82, 2.24) is 9.80 Å². The molecule has 0 atom stereocenters. The molecule has 1 N–H and O–H groups in total. The first-order chi connectivity index (χ1) is 7.65. The molecule has 0 unspecified atom stereocenters. The summed E-state index contributed by atoms with van der Waals surface area (Å²) in [4.78, 5) is 23.5. The Morgan fingerprint density at radius 3 is 2.12 bits per heavy atom. The predicted molar refractivity (Wildman–Crippen MR) is 53.4 cm³/mol. The maximum absolute atomic E-state index is 12.1. The van der Waals surface area contributed by atoms with Crippen molar-refractivity contribution in [2.45, 2.75) is 13.1 Å². The second-order valence-corrected chi connectivity index (χ2v) is 3.56. The zero-order valence-electron chi connectivity index (χ0n) is 9.62. The summed E-state index contributed by atoms with van der Waals surface area (Å²) in [5.74, 6) is -1.95. The van der Waals surface area contributed by atoms with Crippen LogP contribution >= 0.6 is 0 Å². The summed E-state index contributed by atoms with van der Waals surface area (Å²) in [5, 5.41) is 8.46. The summed E-state index contributed by atoms with van der Waals surface area (Å²) in [6, 6.07) is 0. The van der Waals surface area contributed by atoms with E-state index in [0.717, 1.165) is 0 Å². The number of nitrogens with zero attached hydrogens (tertiary/aromatic N) is 2. The van der Waals surface area contributed by atoms with Crippen molar-refractivity contribution in [2.75, 3.05) is 33.2 Å². The van der Waals surface area contributed by atoms with Crippen LogP contribution in [0.4, 0.5) is 13.2 Å². The molecular weight excluding hydrogens is 241 g/mol. The van der Waals surface area contributed by atoms with Gasteiger partial charge in [0.25, 0.3) is 0 Å². The number of likely N-dealkylation sites (N-methyl/N-ethyl adjacent to an activating group) is 1.